The molecule has 0 bridgehead atoms. The molecule has 0 radical (unpaired) electrons. The van der Waals surface area contributed by atoms with Gasteiger partial charge in [-0.1, -0.05) is 18.7 Å². The lowest BCUT2D eigenvalue weighted by Gasteiger charge is -2.41. The second-order valence-corrected chi connectivity index (χ2v) is 6.71. The monoisotopic (exact) mass is 326 g/mol. The number of aliphatic hydroxyl groups excluding tert-OH is 2. The number of thioether (sulfide) groups is 1. The molecule has 3 heterocycles. The van der Waals surface area contributed by atoms with Gasteiger partial charge in [0, 0.05) is 13.1 Å². The first kappa shape index (κ1) is 15.4. The fourth-order valence-corrected chi connectivity index (χ4v) is 3.90. The maximum Gasteiger partial charge on any atom is 0.394 e. The summed E-state index contributed by atoms with van der Waals surface area (Å²) in [5.41, 5.74) is -0.672. The number of amidine groups is 1. The molecule has 9 heteroatoms. The van der Waals surface area contributed by atoms with Gasteiger partial charge in [0.05, 0.1) is 12.0 Å². The van der Waals surface area contributed by atoms with E-state index in [0.717, 1.165) is 26.4 Å². The van der Waals surface area contributed by atoms with Gasteiger partial charge in [0.2, 0.25) is 0 Å². The first-order chi connectivity index (χ1) is 9.79. The minimum Gasteiger partial charge on any atom is -0.388 e. The van der Waals surface area contributed by atoms with Gasteiger partial charge in [-0.05, 0) is 6.42 Å². The lowest BCUT2D eigenvalue weighted by Crippen LogP contribution is -2.58. The van der Waals surface area contributed by atoms with Gasteiger partial charge in [0.1, 0.15) is 23.7 Å². The number of aliphatic hydroxyl groups is 2. The van der Waals surface area contributed by atoms with Gasteiger partial charge in [0.15, 0.2) is 5.17 Å². The minimum absolute atomic E-state index is 0.672. The van der Waals surface area contributed by atoms with Crippen LogP contribution in [0.25, 0.3) is 0 Å². The summed E-state index contributed by atoms with van der Waals surface area (Å²) >= 11 is 1.23. The van der Waals surface area contributed by atoms with Crippen molar-refractivity contribution in [3.05, 3.63) is 0 Å². The van der Waals surface area contributed by atoms with Crippen molar-refractivity contribution in [3.8, 4) is 0 Å². The van der Waals surface area contributed by atoms with Crippen LogP contribution in [-0.4, -0.2) is 69.3 Å². The second kappa shape index (κ2) is 5.29. The van der Waals surface area contributed by atoms with Crippen molar-refractivity contribution >= 4 is 16.9 Å². The molecule has 3 aliphatic rings. The molecular weight excluding hydrogens is 309 g/mol. The van der Waals surface area contributed by atoms with Gasteiger partial charge in [-0.3, -0.25) is 4.99 Å². The molecule has 0 aromatic heterocycles. The Balaban J connectivity index is 1.74. The predicted molar refractivity (Wildman–Crippen MR) is 70.9 cm³/mol. The average Bonchev–Trinajstić information content (AvgIpc) is 2.73. The molecule has 2 fully saturated rings. The summed E-state index contributed by atoms with van der Waals surface area (Å²) in [6.07, 6.45) is -7.84. The van der Waals surface area contributed by atoms with E-state index >= 15 is 0 Å². The molecule has 3 rings (SSSR count). The Labute approximate surface area is 124 Å². The maximum atomic E-state index is 12.8. The SMILES string of the molecule is C[C@@H](C1OC2SC(N3CCC3)=NC2C(O)C1O)C(F)(F)F. The molecule has 2 saturated heterocycles. The summed E-state index contributed by atoms with van der Waals surface area (Å²) in [5, 5.41) is 20.7. The van der Waals surface area contributed by atoms with Crippen LogP contribution < -0.4 is 0 Å². The standard InChI is InChI=1S/C12H17F3N2O3S/c1-5(12(13,14)15)9-8(19)7(18)6-10(20-9)21-11(16-6)17-3-2-4-17/h5-10,18-19H,2-4H2,1H3/t5-,6?,7?,8?,9?,10?/m0/s1. The van der Waals surface area contributed by atoms with Crippen LogP contribution in [0.4, 0.5) is 13.2 Å². The van der Waals surface area contributed by atoms with E-state index in [-0.39, 0.29) is 0 Å². The first-order valence-electron chi connectivity index (χ1n) is 6.87. The average molecular weight is 326 g/mol. The third kappa shape index (κ3) is 2.64. The Hall–Kier alpha value is -0.510. The van der Waals surface area contributed by atoms with E-state index < -0.39 is 41.9 Å². The summed E-state index contributed by atoms with van der Waals surface area (Å²) < 4.78 is 43.9. The number of likely N-dealkylation sites (tertiary alicyclic amines) is 1. The fourth-order valence-electron chi connectivity index (χ4n) is 2.63. The number of halogens is 3. The molecule has 0 amide bonds. The lowest BCUT2D eigenvalue weighted by molar-refractivity contribution is -0.244. The summed E-state index contributed by atoms with van der Waals surface area (Å²) in [7, 11) is 0. The third-order valence-electron chi connectivity index (χ3n) is 4.22. The van der Waals surface area contributed by atoms with E-state index in [2.05, 4.69) is 4.99 Å². The Morgan fingerprint density at radius 1 is 1.33 bits per heavy atom. The van der Waals surface area contributed by atoms with Crippen LogP contribution in [0.3, 0.4) is 0 Å². The zero-order valence-electron chi connectivity index (χ0n) is 11.3. The number of nitrogens with zero attached hydrogens (tertiary/aromatic N) is 2. The van der Waals surface area contributed by atoms with E-state index in [1.54, 1.807) is 0 Å². The molecule has 5 unspecified atom stereocenters. The van der Waals surface area contributed by atoms with Gasteiger partial charge in [-0.25, -0.2) is 0 Å². The second-order valence-electron chi connectivity index (χ2n) is 5.64. The summed E-state index contributed by atoms with van der Waals surface area (Å²) in [6.45, 7) is 2.66. The topological polar surface area (TPSA) is 65.3 Å². The molecule has 120 valence electrons. The zero-order valence-corrected chi connectivity index (χ0v) is 12.1. The number of rotatable bonds is 1. The summed E-state index contributed by atoms with van der Waals surface area (Å²) in [6, 6.07) is -0.711. The minimum atomic E-state index is -4.48. The third-order valence-corrected chi connectivity index (χ3v) is 5.42. The molecule has 0 saturated carbocycles. The van der Waals surface area contributed by atoms with Crippen LogP contribution >= 0.6 is 11.8 Å². The largest absolute Gasteiger partial charge is 0.394 e. The zero-order chi connectivity index (χ0) is 15.4. The normalized spacial score (nSPS) is 41.3. The molecule has 0 aromatic carbocycles. The smallest absolute Gasteiger partial charge is 0.388 e. The highest BCUT2D eigenvalue weighted by atomic mass is 32.2. The van der Waals surface area contributed by atoms with E-state index in [9.17, 15) is 23.4 Å². The highest BCUT2D eigenvalue weighted by Crippen LogP contribution is 2.42. The predicted octanol–water partition coefficient (Wildman–Crippen LogP) is 0.809. The molecule has 6 atom stereocenters. The van der Waals surface area contributed by atoms with E-state index in [1.165, 1.54) is 11.8 Å². The quantitative estimate of drug-likeness (QED) is 0.746. The van der Waals surface area contributed by atoms with Crippen LogP contribution in [0.1, 0.15) is 13.3 Å². The Kier molecular flexibility index (Phi) is 3.88. The van der Waals surface area contributed by atoms with Gasteiger partial charge in [-0.2, -0.15) is 13.2 Å². The Bertz CT molecular complexity index is 444. The van der Waals surface area contributed by atoms with E-state index in [1.807, 2.05) is 4.90 Å². The van der Waals surface area contributed by atoms with Gasteiger partial charge in [0.25, 0.3) is 0 Å². The Morgan fingerprint density at radius 3 is 2.52 bits per heavy atom. The molecule has 0 aliphatic carbocycles. The van der Waals surface area contributed by atoms with E-state index in [4.69, 9.17) is 4.74 Å². The van der Waals surface area contributed by atoms with Crippen molar-refractivity contribution in [1.82, 2.24) is 4.90 Å². The van der Waals surface area contributed by atoms with Crippen LogP contribution in [0, 0.1) is 5.92 Å². The van der Waals surface area contributed by atoms with Crippen molar-refractivity contribution in [2.45, 2.75) is 49.3 Å². The van der Waals surface area contributed by atoms with Gasteiger partial charge in [-0.15, -0.1) is 0 Å². The Morgan fingerprint density at radius 2 is 2.00 bits per heavy atom. The van der Waals surface area contributed by atoms with E-state index in [0.29, 0.717) is 5.17 Å². The number of ether oxygens (including phenoxy) is 1. The molecule has 21 heavy (non-hydrogen) atoms. The van der Waals surface area contributed by atoms with Crippen LogP contribution in [0.15, 0.2) is 4.99 Å². The number of hydrogen-bond acceptors (Lipinski definition) is 6. The molecule has 0 spiro atoms. The molecule has 5 nitrogen and oxygen atoms in total. The van der Waals surface area contributed by atoms with Crippen LogP contribution in [0.5, 0.6) is 0 Å². The molecule has 3 aliphatic heterocycles. The van der Waals surface area contributed by atoms with Crippen LogP contribution in [-0.2, 0) is 4.74 Å². The number of alkyl halides is 3. The van der Waals surface area contributed by atoms with Crippen molar-refractivity contribution in [2.75, 3.05) is 13.1 Å². The molecule has 2 N–H and O–H groups in total. The number of aliphatic imine (C=N–C) groups is 1. The van der Waals surface area contributed by atoms with Gasteiger partial charge < -0.3 is 19.8 Å². The molecule has 0 aromatic rings. The number of fused-ring (bicyclic) bond motifs is 1. The summed E-state index contributed by atoms with van der Waals surface area (Å²) in [5.74, 6) is -1.85. The van der Waals surface area contributed by atoms with Crippen molar-refractivity contribution in [1.29, 1.82) is 0 Å². The van der Waals surface area contributed by atoms with Crippen molar-refractivity contribution in [2.24, 2.45) is 10.9 Å². The highest BCUT2D eigenvalue weighted by Gasteiger charge is 2.55. The van der Waals surface area contributed by atoms with Crippen molar-refractivity contribution < 1.29 is 28.1 Å². The fraction of sp³-hybridized carbons (Fsp3) is 0.917. The summed E-state index contributed by atoms with van der Waals surface area (Å²) in [4.78, 5) is 6.30. The molecular formula is C12H17F3N2O3S. The van der Waals surface area contributed by atoms with Gasteiger partial charge >= 0.3 is 6.18 Å². The first-order valence-corrected chi connectivity index (χ1v) is 7.74. The number of hydrogen-bond donors (Lipinski definition) is 2. The highest BCUT2D eigenvalue weighted by molar-refractivity contribution is 8.14. The van der Waals surface area contributed by atoms with Crippen LogP contribution in [0.2, 0.25) is 0 Å². The lowest BCUT2D eigenvalue weighted by atomic mass is 9.90. The van der Waals surface area contributed by atoms with Crippen molar-refractivity contribution in [3.63, 3.8) is 0 Å². The maximum absolute atomic E-state index is 12.8.